The van der Waals surface area contributed by atoms with Gasteiger partial charge >= 0.3 is 0 Å². The van der Waals surface area contributed by atoms with Crippen LogP contribution in [0, 0.1) is 11.8 Å². The molecule has 0 aliphatic carbocycles. The average Bonchev–Trinajstić information content (AvgIpc) is 2.92. The molecule has 0 fully saturated rings. The molecule has 0 amide bonds. The van der Waals surface area contributed by atoms with Gasteiger partial charge in [0.1, 0.15) is 0 Å². The third kappa shape index (κ3) is 8.59. The predicted molar refractivity (Wildman–Crippen MR) is 176 cm³/mol. The summed E-state index contributed by atoms with van der Waals surface area (Å²) in [6, 6.07) is 38.6. The van der Waals surface area contributed by atoms with Crippen molar-refractivity contribution in [2.24, 2.45) is 0 Å². The van der Waals surface area contributed by atoms with Crippen LogP contribution in [0.4, 0.5) is 0 Å². The molecule has 0 aliphatic heterocycles. The van der Waals surface area contributed by atoms with E-state index in [1.165, 1.54) is 32.6 Å². The molecule has 4 rings (SSSR count). The summed E-state index contributed by atoms with van der Waals surface area (Å²) in [5.74, 6) is 6.39. The van der Waals surface area contributed by atoms with Gasteiger partial charge in [-0.1, -0.05) is 146 Å². The van der Waals surface area contributed by atoms with Crippen LogP contribution in [0.2, 0.25) is 39.3 Å². The van der Waals surface area contributed by atoms with Crippen LogP contribution in [0.3, 0.4) is 0 Å². The number of hydrogen-bond acceptors (Lipinski definition) is 0. The monoisotopic (exact) mass is 530 g/mol. The SMILES string of the molecule is C/C(=C(\C)c1ccc([Si](C)(C)C)cc1)c1ccccc1.C[Si](C)(C)c1ccc(C#Cc2ccccc2)cc1. The maximum Gasteiger partial charge on any atom is 0.0775 e. The van der Waals surface area contributed by atoms with E-state index < -0.39 is 16.1 Å². The summed E-state index contributed by atoms with van der Waals surface area (Å²) in [6.07, 6.45) is 0. The van der Waals surface area contributed by atoms with Crippen molar-refractivity contribution >= 4 is 37.7 Å². The topological polar surface area (TPSA) is 0 Å². The lowest BCUT2D eigenvalue weighted by atomic mass is 9.97. The summed E-state index contributed by atoms with van der Waals surface area (Å²) in [5, 5.41) is 3.00. The van der Waals surface area contributed by atoms with Crippen LogP contribution in [0.1, 0.15) is 36.1 Å². The molecule has 0 N–H and O–H groups in total. The van der Waals surface area contributed by atoms with Gasteiger partial charge in [-0.25, -0.2) is 0 Å². The molecule has 0 unspecified atom stereocenters. The molecule has 0 heterocycles. The highest BCUT2D eigenvalue weighted by molar-refractivity contribution is 6.89. The Hall–Kier alpha value is -3.39. The average molecular weight is 531 g/mol. The second-order valence-electron chi connectivity index (χ2n) is 11.9. The van der Waals surface area contributed by atoms with Gasteiger partial charge in [-0.15, -0.1) is 0 Å². The molecule has 0 aliphatic rings. The van der Waals surface area contributed by atoms with Crippen LogP contribution in [0.25, 0.3) is 11.1 Å². The molecule has 0 saturated heterocycles. The van der Waals surface area contributed by atoms with E-state index in [-0.39, 0.29) is 0 Å². The van der Waals surface area contributed by atoms with Gasteiger partial charge in [0.25, 0.3) is 0 Å². The zero-order valence-corrected chi connectivity index (χ0v) is 26.4. The van der Waals surface area contributed by atoms with E-state index in [0.717, 1.165) is 11.1 Å². The molecular weight excluding hydrogens is 489 g/mol. The minimum atomic E-state index is -1.20. The number of rotatable bonds is 4. The lowest BCUT2D eigenvalue weighted by Crippen LogP contribution is -2.37. The summed E-state index contributed by atoms with van der Waals surface area (Å²) >= 11 is 0. The number of hydrogen-bond donors (Lipinski definition) is 0. The Balaban J connectivity index is 0.000000212. The van der Waals surface area contributed by atoms with E-state index in [1.54, 1.807) is 0 Å². The first-order valence-corrected chi connectivity index (χ1v) is 20.5. The molecule has 2 heteroatoms. The van der Waals surface area contributed by atoms with Crippen molar-refractivity contribution in [1.29, 1.82) is 0 Å². The van der Waals surface area contributed by atoms with E-state index in [4.69, 9.17) is 0 Å². The van der Waals surface area contributed by atoms with Gasteiger partial charge in [0, 0.05) is 11.1 Å². The van der Waals surface area contributed by atoms with Crippen molar-refractivity contribution in [3.05, 3.63) is 131 Å². The van der Waals surface area contributed by atoms with Crippen molar-refractivity contribution in [2.45, 2.75) is 53.1 Å². The Morgan fingerprint density at radius 1 is 0.421 bits per heavy atom. The van der Waals surface area contributed by atoms with Crippen molar-refractivity contribution in [2.75, 3.05) is 0 Å². The minimum Gasteiger partial charge on any atom is -0.0656 e. The number of benzene rings is 4. The van der Waals surface area contributed by atoms with Gasteiger partial charge in [0.2, 0.25) is 0 Å². The van der Waals surface area contributed by atoms with E-state index in [2.05, 4.69) is 144 Å². The molecular formula is C36H42Si2. The van der Waals surface area contributed by atoms with Crippen LogP contribution < -0.4 is 10.4 Å². The summed E-state index contributed by atoms with van der Waals surface area (Å²) in [7, 11) is -2.39. The number of allylic oxidation sites excluding steroid dienone is 2. The van der Waals surface area contributed by atoms with E-state index in [0.29, 0.717) is 0 Å². The zero-order valence-electron chi connectivity index (χ0n) is 24.4. The van der Waals surface area contributed by atoms with E-state index in [1.807, 2.05) is 30.3 Å². The van der Waals surface area contributed by atoms with Crippen LogP contribution in [0.5, 0.6) is 0 Å². The maximum atomic E-state index is 3.21. The molecule has 194 valence electrons. The normalized spacial score (nSPS) is 11.9. The van der Waals surface area contributed by atoms with Crippen molar-refractivity contribution in [1.82, 2.24) is 0 Å². The molecule has 4 aromatic rings. The first kappa shape index (κ1) is 29.2. The summed E-state index contributed by atoms with van der Waals surface area (Å²) in [5.41, 5.74) is 7.49. The van der Waals surface area contributed by atoms with Gasteiger partial charge in [0.15, 0.2) is 0 Å². The Bertz CT molecular complexity index is 1390. The highest BCUT2D eigenvalue weighted by atomic mass is 28.3. The second-order valence-corrected chi connectivity index (χ2v) is 22.0. The van der Waals surface area contributed by atoms with Crippen molar-refractivity contribution in [3.8, 4) is 11.8 Å². The highest BCUT2D eigenvalue weighted by Gasteiger charge is 2.16. The molecule has 0 saturated carbocycles. The van der Waals surface area contributed by atoms with Gasteiger partial charge in [0.05, 0.1) is 16.1 Å². The molecule has 0 radical (unpaired) electrons. The summed E-state index contributed by atoms with van der Waals surface area (Å²) in [6.45, 7) is 18.7. The molecule has 0 atom stereocenters. The predicted octanol–water partition coefficient (Wildman–Crippen LogP) is 8.81. The quantitative estimate of drug-likeness (QED) is 0.140. The van der Waals surface area contributed by atoms with Gasteiger partial charge in [-0.2, -0.15) is 0 Å². The second kappa shape index (κ2) is 12.9. The maximum absolute atomic E-state index is 3.21. The molecule has 38 heavy (non-hydrogen) atoms. The largest absolute Gasteiger partial charge is 0.0775 e. The molecule has 0 spiro atoms. The molecule has 0 aromatic heterocycles. The lowest BCUT2D eigenvalue weighted by Gasteiger charge is -2.17. The minimum absolute atomic E-state index is 1.06. The van der Waals surface area contributed by atoms with E-state index >= 15 is 0 Å². The van der Waals surface area contributed by atoms with Crippen LogP contribution in [-0.4, -0.2) is 16.1 Å². The Morgan fingerprint density at radius 2 is 0.763 bits per heavy atom. The zero-order chi connectivity index (χ0) is 27.8. The highest BCUT2D eigenvalue weighted by Crippen LogP contribution is 2.25. The molecule has 0 nitrogen and oxygen atoms in total. The Morgan fingerprint density at radius 3 is 1.18 bits per heavy atom. The third-order valence-corrected chi connectivity index (χ3v) is 11.0. The van der Waals surface area contributed by atoms with Crippen molar-refractivity contribution in [3.63, 3.8) is 0 Å². The smallest absolute Gasteiger partial charge is 0.0656 e. The lowest BCUT2D eigenvalue weighted by molar-refractivity contribution is 1.51. The fourth-order valence-electron chi connectivity index (χ4n) is 4.06. The first-order chi connectivity index (χ1) is 17.9. The molecule has 4 aromatic carbocycles. The molecule has 0 bridgehead atoms. The Labute approximate surface area is 233 Å². The van der Waals surface area contributed by atoms with E-state index in [9.17, 15) is 0 Å². The van der Waals surface area contributed by atoms with Crippen molar-refractivity contribution < 1.29 is 0 Å². The fourth-order valence-corrected chi connectivity index (χ4v) is 6.39. The van der Waals surface area contributed by atoms with Crippen LogP contribution >= 0.6 is 0 Å². The Kier molecular flexibility index (Phi) is 9.92. The van der Waals surface area contributed by atoms with Gasteiger partial charge in [-0.05, 0) is 60.4 Å². The van der Waals surface area contributed by atoms with Crippen LogP contribution in [0.15, 0.2) is 109 Å². The van der Waals surface area contributed by atoms with Gasteiger partial charge < -0.3 is 0 Å². The third-order valence-electron chi connectivity index (χ3n) is 6.83. The summed E-state index contributed by atoms with van der Waals surface area (Å²) in [4.78, 5) is 0. The summed E-state index contributed by atoms with van der Waals surface area (Å²) < 4.78 is 0. The first-order valence-electron chi connectivity index (χ1n) is 13.5. The fraction of sp³-hybridized carbons (Fsp3) is 0.222. The van der Waals surface area contributed by atoms with Gasteiger partial charge in [-0.3, -0.25) is 0 Å². The van der Waals surface area contributed by atoms with Crippen LogP contribution in [-0.2, 0) is 0 Å². The standard InChI is InChI=1S/C19H24Si.C17H18Si/c1-15(17-9-7-6-8-10-17)16(2)18-11-13-19(14-12-18)20(3,4)5;1-18(2,3)17-13-11-16(12-14-17)10-9-15-7-5-4-6-8-15/h6-14H,1-5H3;4-8,11-14H,1-3H3/b16-15-;.